The molecular formula is C18H19NO4. The van der Waals surface area contributed by atoms with Crippen LogP contribution >= 0.6 is 0 Å². The van der Waals surface area contributed by atoms with Crippen LogP contribution in [0.15, 0.2) is 42.5 Å². The number of amides is 1. The number of rotatable bonds is 6. The van der Waals surface area contributed by atoms with Gasteiger partial charge in [0.1, 0.15) is 5.75 Å². The van der Waals surface area contributed by atoms with E-state index in [1.165, 1.54) is 0 Å². The van der Waals surface area contributed by atoms with E-state index < -0.39 is 0 Å². The Bertz CT molecular complexity index is 699. The second-order valence-corrected chi connectivity index (χ2v) is 5.16. The third kappa shape index (κ3) is 3.74. The largest absolute Gasteiger partial charge is 0.492 e. The number of benzene rings is 2. The van der Waals surface area contributed by atoms with Crippen LogP contribution in [0.1, 0.15) is 18.9 Å². The summed E-state index contributed by atoms with van der Waals surface area (Å²) in [5.41, 5.74) is 1.74. The van der Waals surface area contributed by atoms with Crippen molar-refractivity contribution in [1.82, 2.24) is 0 Å². The van der Waals surface area contributed by atoms with Crippen molar-refractivity contribution < 1.29 is 19.0 Å². The zero-order chi connectivity index (χ0) is 16.1. The van der Waals surface area contributed by atoms with Gasteiger partial charge in [-0.1, -0.05) is 18.2 Å². The summed E-state index contributed by atoms with van der Waals surface area (Å²) in [6.45, 7) is 2.73. The van der Waals surface area contributed by atoms with E-state index in [1.54, 1.807) is 0 Å². The number of hydrogen-bond donors (Lipinski definition) is 1. The highest BCUT2D eigenvalue weighted by molar-refractivity contribution is 5.92. The fourth-order valence-corrected chi connectivity index (χ4v) is 2.42. The van der Waals surface area contributed by atoms with Crippen molar-refractivity contribution in [1.29, 1.82) is 0 Å². The quantitative estimate of drug-likeness (QED) is 0.888. The van der Waals surface area contributed by atoms with E-state index in [0.29, 0.717) is 30.9 Å². The van der Waals surface area contributed by atoms with Crippen LogP contribution < -0.4 is 19.5 Å². The molecule has 1 aliphatic rings. The molecule has 1 amide bonds. The maximum atomic E-state index is 12.2. The summed E-state index contributed by atoms with van der Waals surface area (Å²) in [7, 11) is 0. The molecule has 1 aliphatic heterocycles. The van der Waals surface area contributed by atoms with Gasteiger partial charge in [0, 0.05) is 6.42 Å². The molecule has 120 valence electrons. The van der Waals surface area contributed by atoms with Crippen LogP contribution in [0.25, 0.3) is 0 Å². The molecule has 0 saturated carbocycles. The highest BCUT2D eigenvalue weighted by Gasteiger charge is 2.14. The smallest absolute Gasteiger partial charge is 0.231 e. The first-order chi connectivity index (χ1) is 11.3. The number of nitrogens with one attached hydrogen (secondary N) is 1. The van der Waals surface area contributed by atoms with Gasteiger partial charge >= 0.3 is 0 Å². The molecule has 0 saturated heterocycles. The van der Waals surface area contributed by atoms with Crippen LogP contribution in [-0.4, -0.2) is 19.3 Å². The number of ether oxygens (including phenoxy) is 3. The lowest BCUT2D eigenvalue weighted by molar-refractivity contribution is -0.116. The zero-order valence-corrected chi connectivity index (χ0v) is 13.0. The molecule has 5 heteroatoms. The van der Waals surface area contributed by atoms with E-state index in [-0.39, 0.29) is 12.7 Å². The molecule has 0 bridgehead atoms. The fourth-order valence-electron chi connectivity index (χ4n) is 2.42. The third-order valence-electron chi connectivity index (χ3n) is 3.54. The molecule has 1 heterocycles. The van der Waals surface area contributed by atoms with Crippen LogP contribution in [0.2, 0.25) is 0 Å². The minimum absolute atomic E-state index is 0.0465. The predicted octanol–water partition coefficient (Wildman–Crippen LogP) is 3.39. The lowest BCUT2D eigenvalue weighted by Crippen LogP contribution is -2.13. The SMILES string of the molecule is CCOc1ccccc1NC(=O)CCc1ccc2c(c1)OCO2. The van der Waals surface area contributed by atoms with Crippen LogP contribution in [0, 0.1) is 0 Å². The number of anilines is 1. The Morgan fingerprint density at radius 1 is 1.17 bits per heavy atom. The Hall–Kier alpha value is -2.69. The standard InChI is InChI=1S/C18H19NO4/c1-2-21-15-6-4-3-5-14(15)19-18(20)10-8-13-7-9-16-17(11-13)23-12-22-16/h3-7,9,11H,2,8,10,12H2,1H3,(H,19,20). The second kappa shape index (κ2) is 7.05. The van der Waals surface area contributed by atoms with Gasteiger partial charge in [-0.15, -0.1) is 0 Å². The number of hydrogen-bond acceptors (Lipinski definition) is 4. The molecule has 0 atom stereocenters. The number of carbonyl (C=O) groups excluding carboxylic acids is 1. The van der Waals surface area contributed by atoms with Crippen molar-refractivity contribution in [2.45, 2.75) is 19.8 Å². The summed E-state index contributed by atoms with van der Waals surface area (Å²) in [6, 6.07) is 13.2. The first-order valence-electron chi connectivity index (χ1n) is 7.66. The molecule has 0 unspecified atom stereocenters. The average molecular weight is 313 g/mol. The van der Waals surface area contributed by atoms with E-state index in [0.717, 1.165) is 17.1 Å². The minimum atomic E-state index is -0.0465. The number of aryl methyl sites for hydroxylation is 1. The predicted molar refractivity (Wildman–Crippen MR) is 87.1 cm³/mol. The summed E-state index contributed by atoms with van der Waals surface area (Å²) < 4.78 is 16.1. The summed E-state index contributed by atoms with van der Waals surface area (Å²) in [5, 5.41) is 2.90. The van der Waals surface area contributed by atoms with Crippen molar-refractivity contribution in [2.24, 2.45) is 0 Å². The van der Waals surface area contributed by atoms with E-state index in [9.17, 15) is 4.79 Å². The molecule has 2 aromatic carbocycles. The van der Waals surface area contributed by atoms with Gasteiger partial charge in [-0.2, -0.15) is 0 Å². The minimum Gasteiger partial charge on any atom is -0.492 e. The van der Waals surface area contributed by atoms with Gasteiger partial charge in [0.15, 0.2) is 11.5 Å². The van der Waals surface area contributed by atoms with Gasteiger partial charge in [0.25, 0.3) is 0 Å². The van der Waals surface area contributed by atoms with E-state index >= 15 is 0 Å². The molecule has 0 aliphatic carbocycles. The summed E-state index contributed by atoms with van der Waals surface area (Å²) in [6.07, 6.45) is 1.03. The van der Waals surface area contributed by atoms with Crippen molar-refractivity contribution in [3.63, 3.8) is 0 Å². The summed E-state index contributed by atoms with van der Waals surface area (Å²) in [5.74, 6) is 2.13. The maximum Gasteiger partial charge on any atom is 0.231 e. The van der Waals surface area contributed by atoms with E-state index in [2.05, 4.69) is 5.32 Å². The Morgan fingerprint density at radius 3 is 2.87 bits per heavy atom. The molecule has 0 fully saturated rings. The van der Waals surface area contributed by atoms with Crippen LogP contribution in [-0.2, 0) is 11.2 Å². The van der Waals surface area contributed by atoms with Gasteiger partial charge < -0.3 is 19.5 Å². The lowest BCUT2D eigenvalue weighted by Gasteiger charge is -2.11. The first-order valence-corrected chi connectivity index (χ1v) is 7.66. The van der Waals surface area contributed by atoms with Crippen molar-refractivity contribution >= 4 is 11.6 Å². The molecule has 23 heavy (non-hydrogen) atoms. The fraction of sp³-hybridized carbons (Fsp3) is 0.278. The van der Waals surface area contributed by atoms with Gasteiger partial charge in [-0.25, -0.2) is 0 Å². The molecule has 0 aromatic heterocycles. The molecular weight excluding hydrogens is 294 g/mol. The highest BCUT2D eigenvalue weighted by Crippen LogP contribution is 2.32. The van der Waals surface area contributed by atoms with Crippen molar-refractivity contribution in [3.05, 3.63) is 48.0 Å². The van der Waals surface area contributed by atoms with Crippen LogP contribution in [0.4, 0.5) is 5.69 Å². The van der Waals surface area contributed by atoms with Gasteiger partial charge in [0.05, 0.1) is 12.3 Å². The highest BCUT2D eigenvalue weighted by atomic mass is 16.7. The second-order valence-electron chi connectivity index (χ2n) is 5.16. The van der Waals surface area contributed by atoms with Crippen molar-refractivity contribution in [3.8, 4) is 17.2 Å². The monoisotopic (exact) mass is 313 g/mol. The van der Waals surface area contributed by atoms with Gasteiger partial charge in [0.2, 0.25) is 12.7 Å². The first kappa shape index (κ1) is 15.2. The Morgan fingerprint density at radius 2 is 2.00 bits per heavy atom. The van der Waals surface area contributed by atoms with E-state index in [1.807, 2.05) is 49.4 Å². The topological polar surface area (TPSA) is 56.8 Å². The van der Waals surface area contributed by atoms with Crippen molar-refractivity contribution in [2.75, 3.05) is 18.7 Å². The third-order valence-corrected chi connectivity index (χ3v) is 3.54. The molecule has 5 nitrogen and oxygen atoms in total. The molecule has 0 radical (unpaired) electrons. The maximum absolute atomic E-state index is 12.2. The van der Waals surface area contributed by atoms with Gasteiger partial charge in [-0.3, -0.25) is 4.79 Å². The average Bonchev–Trinajstić information content (AvgIpc) is 3.03. The molecule has 1 N–H and O–H groups in total. The lowest BCUT2D eigenvalue weighted by atomic mass is 10.1. The zero-order valence-electron chi connectivity index (χ0n) is 13.0. The summed E-state index contributed by atoms with van der Waals surface area (Å²) in [4.78, 5) is 12.2. The Labute approximate surface area is 135 Å². The molecule has 3 rings (SSSR count). The van der Waals surface area contributed by atoms with Crippen LogP contribution in [0.5, 0.6) is 17.2 Å². The molecule has 2 aromatic rings. The normalized spacial score (nSPS) is 12.0. The Kier molecular flexibility index (Phi) is 4.66. The number of carbonyl (C=O) groups is 1. The van der Waals surface area contributed by atoms with Crippen LogP contribution in [0.3, 0.4) is 0 Å². The van der Waals surface area contributed by atoms with Gasteiger partial charge in [-0.05, 0) is 43.2 Å². The number of fused-ring (bicyclic) bond motifs is 1. The van der Waals surface area contributed by atoms with E-state index in [4.69, 9.17) is 14.2 Å². The molecule has 0 spiro atoms. The Balaban J connectivity index is 1.58. The number of para-hydroxylation sites is 2. The summed E-state index contributed by atoms with van der Waals surface area (Å²) >= 11 is 0.